The minimum absolute atomic E-state index is 0.116. The topological polar surface area (TPSA) is 68.1 Å². The number of nitrogens with one attached hydrogen (secondary N) is 1. The number of nitro benzene ring substituents is 1. The van der Waals surface area contributed by atoms with Gasteiger partial charge in [0.1, 0.15) is 0 Å². The van der Waals surface area contributed by atoms with Crippen LogP contribution in [0.1, 0.15) is 11.1 Å². The molecule has 0 fully saturated rings. The molecule has 0 aliphatic carbocycles. The molecule has 0 radical (unpaired) electrons. The third-order valence-corrected chi connectivity index (χ3v) is 3.25. The Labute approximate surface area is 121 Å². The van der Waals surface area contributed by atoms with Gasteiger partial charge >= 0.3 is 0 Å². The van der Waals surface area contributed by atoms with Gasteiger partial charge in [0.25, 0.3) is 5.69 Å². The number of pyridine rings is 1. The summed E-state index contributed by atoms with van der Waals surface area (Å²) in [4.78, 5) is 14.1. The number of hydrogen-bond acceptors (Lipinski definition) is 4. The third-order valence-electron chi connectivity index (χ3n) is 2.91. The molecule has 0 saturated heterocycles. The number of nitrogens with zero attached hydrogens (tertiary/aromatic N) is 2. The molecule has 20 heavy (non-hydrogen) atoms. The molecule has 1 aromatic heterocycles. The maximum atomic E-state index is 10.5. The van der Waals surface area contributed by atoms with E-state index in [9.17, 15) is 10.1 Å². The lowest BCUT2D eigenvalue weighted by atomic mass is 10.1. The number of halogens is 1. The Morgan fingerprint density at radius 2 is 2.00 bits per heavy atom. The van der Waals surface area contributed by atoms with Crippen molar-refractivity contribution in [2.75, 3.05) is 6.54 Å². The minimum Gasteiger partial charge on any atom is -0.312 e. The predicted octanol–water partition coefficient (Wildman–Crippen LogP) is 2.98. The van der Waals surface area contributed by atoms with Gasteiger partial charge in [0.05, 0.1) is 9.95 Å². The largest absolute Gasteiger partial charge is 0.312 e. The summed E-state index contributed by atoms with van der Waals surface area (Å²) in [5.41, 5.74) is 2.18. The monoisotopic (exact) mass is 291 g/mol. The molecule has 1 aromatic carbocycles. The van der Waals surface area contributed by atoms with Crippen LogP contribution in [0.25, 0.3) is 0 Å². The Balaban J connectivity index is 1.79. The lowest BCUT2D eigenvalue weighted by molar-refractivity contribution is -0.384. The molecular formula is C14H14ClN3O2. The summed E-state index contributed by atoms with van der Waals surface area (Å²) >= 11 is 6.00. The average Bonchev–Trinajstić information content (AvgIpc) is 2.46. The quantitative estimate of drug-likeness (QED) is 0.505. The van der Waals surface area contributed by atoms with Crippen LogP contribution in [0.15, 0.2) is 42.7 Å². The van der Waals surface area contributed by atoms with Crippen molar-refractivity contribution >= 4 is 17.3 Å². The molecule has 0 aliphatic rings. The van der Waals surface area contributed by atoms with Crippen molar-refractivity contribution < 1.29 is 4.92 Å². The van der Waals surface area contributed by atoms with Crippen molar-refractivity contribution in [3.05, 3.63) is 69.0 Å². The zero-order chi connectivity index (χ0) is 14.4. The van der Waals surface area contributed by atoms with Crippen LogP contribution in [0.3, 0.4) is 0 Å². The van der Waals surface area contributed by atoms with Crippen molar-refractivity contribution in [1.82, 2.24) is 10.3 Å². The fraction of sp³-hybridized carbons (Fsp3) is 0.214. The second-order valence-electron chi connectivity index (χ2n) is 4.32. The van der Waals surface area contributed by atoms with E-state index in [2.05, 4.69) is 10.3 Å². The molecule has 0 spiro atoms. The average molecular weight is 292 g/mol. The van der Waals surface area contributed by atoms with E-state index in [1.807, 2.05) is 6.07 Å². The van der Waals surface area contributed by atoms with Crippen LogP contribution in [-0.4, -0.2) is 16.5 Å². The van der Waals surface area contributed by atoms with Crippen LogP contribution in [0.2, 0.25) is 5.02 Å². The Morgan fingerprint density at radius 3 is 2.65 bits per heavy atom. The van der Waals surface area contributed by atoms with Crippen LogP contribution < -0.4 is 5.32 Å². The smallest absolute Gasteiger partial charge is 0.269 e. The van der Waals surface area contributed by atoms with Crippen molar-refractivity contribution in [1.29, 1.82) is 0 Å². The first-order chi connectivity index (χ1) is 9.66. The number of benzene rings is 1. The summed E-state index contributed by atoms with van der Waals surface area (Å²) in [5.74, 6) is 0. The second-order valence-corrected chi connectivity index (χ2v) is 4.72. The number of rotatable bonds is 6. The molecule has 1 heterocycles. The first kappa shape index (κ1) is 14.4. The zero-order valence-corrected chi connectivity index (χ0v) is 11.5. The lowest BCUT2D eigenvalue weighted by Gasteiger charge is -2.06. The summed E-state index contributed by atoms with van der Waals surface area (Å²) in [6.45, 7) is 1.45. The molecule has 0 saturated carbocycles. The standard InChI is InChI=1S/C14H14ClN3O2/c15-14-10-17-8-6-12(14)9-16-7-5-11-1-3-13(4-2-11)18(19)20/h1-4,6,8,10,16H,5,7,9H2. The maximum absolute atomic E-state index is 10.5. The number of non-ortho nitro benzene ring substituents is 1. The summed E-state index contributed by atoms with van der Waals surface area (Å²) in [6.07, 6.45) is 4.13. The van der Waals surface area contributed by atoms with E-state index in [4.69, 9.17) is 11.6 Å². The molecule has 0 amide bonds. The first-order valence-electron chi connectivity index (χ1n) is 6.19. The zero-order valence-electron chi connectivity index (χ0n) is 10.8. The highest BCUT2D eigenvalue weighted by molar-refractivity contribution is 6.31. The van der Waals surface area contributed by atoms with E-state index in [0.29, 0.717) is 11.6 Å². The number of hydrogen-bond donors (Lipinski definition) is 1. The Bertz CT molecular complexity index is 587. The lowest BCUT2D eigenvalue weighted by Crippen LogP contribution is -2.16. The molecule has 0 aliphatic heterocycles. The number of nitro groups is 1. The first-order valence-corrected chi connectivity index (χ1v) is 6.57. The molecule has 2 aromatic rings. The van der Waals surface area contributed by atoms with E-state index < -0.39 is 4.92 Å². The summed E-state index contributed by atoms with van der Waals surface area (Å²) in [5, 5.41) is 14.5. The van der Waals surface area contributed by atoms with E-state index >= 15 is 0 Å². The molecular weight excluding hydrogens is 278 g/mol. The molecule has 0 unspecified atom stereocenters. The summed E-state index contributed by atoms with van der Waals surface area (Å²) in [6, 6.07) is 8.48. The van der Waals surface area contributed by atoms with Crippen molar-refractivity contribution in [2.24, 2.45) is 0 Å². The van der Waals surface area contributed by atoms with E-state index in [1.54, 1.807) is 24.5 Å². The molecule has 2 rings (SSSR count). The minimum atomic E-state index is -0.395. The van der Waals surface area contributed by atoms with Gasteiger partial charge in [-0.15, -0.1) is 0 Å². The van der Waals surface area contributed by atoms with E-state index in [0.717, 1.165) is 24.1 Å². The van der Waals surface area contributed by atoms with Crippen molar-refractivity contribution in [3.8, 4) is 0 Å². The molecule has 6 heteroatoms. The van der Waals surface area contributed by atoms with E-state index in [1.165, 1.54) is 12.1 Å². The molecule has 0 atom stereocenters. The van der Waals surface area contributed by atoms with Crippen LogP contribution in [-0.2, 0) is 13.0 Å². The molecule has 1 N–H and O–H groups in total. The van der Waals surface area contributed by atoms with E-state index in [-0.39, 0.29) is 5.69 Å². The van der Waals surface area contributed by atoms with Gasteiger partial charge in [0, 0.05) is 31.1 Å². The predicted molar refractivity (Wildman–Crippen MR) is 77.8 cm³/mol. The normalized spacial score (nSPS) is 10.4. The Kier molecular flexibility index (Phi) is 5.03. The Morgan fingerprint density at radius 1 is 1.25 bits per heavy atom. The van der Waals surface area contributed by atoms with Gasteiger partial charge in [0.2, 0.25) is 0 Å². The maximum Gasteiger partial charge on any atom is 0.269 e. The highest BCUT2D eigenvalue weighted by Gasteiger charge is 2.04. The summed E-state index contributed by atoms with van der Waals surface area (Å²) in [7, 11) is 0. The van der Waals surface area contributed by atoms with Gasteiger partial charge in [-0.2, -0.15) is 0 Å². The van der Waals surface area contributed by atoms with Crippen molar-refractivity contribution in [3.63, 3.8) is 0 Å². The van der Waals surface area contributed by atoms with Gasteiger partial charge in [-0.25, -0.2) is 0 Å². The molecule has 104 valence electrons. The van der Waals surface area contributed by atoms with Gasteiger partial charge in [-0.05, 0) is 30.2 Å². The Hall–Kier alpha value is -1.98. The van der Waals surface area contributed by atoms with Gasteiger partial charge < -0.3 is 5.32 Å². The SMILES string of the molecule is O=[N+]([O-])c1ccc(CCNCc2ccncc2Cl)cc1. The third kappa shape index (κ3) is 4.01. The second kappa shape index (κ2) is 6.98. The summed E-state index contributed by atoms with van der Waals surface area (Å²) < 4.78 is 0. The highest BCUT2D eigenvalue weighted by Crippen LogP contribution is 2.13. The number of aromatic nitrogens is 1. The van der Waals surface area contributed by atoms with Gasteiger partial charge in [-0.1, -0.05) is 23.7 Å². The highest BCUT2D eigenvalue weighted by atomic mass is 35.5. The van der Waals surface area contributed by atoms with Gasteiger partial charge in [0.15, 0.2) is 0 Å². The van der Waals surface area contributed by atoms with Crippen LogP contribution in [0.4, 0.5) is 5.69 Å². The van der Waals surface area contributed by atoms with Crippen molar-refractivity contribution in [2.45, 2.75) is 13.0 Å². The van der Waals surface area contributed by atoms with Gasteiger partial charge in [-0.3, -0.25) is 15.1 Å². The molecule has 5 nitrogen and oxygen atoms in total. The fourth-order valence-corrected chi connectivity index (χ4v) is 1.97. The van der Waals surface area contributed by atoms with Crippen LogP contribution in [0.5, 0.6) is 0 Å². The fourth-order valence-electron chi connectivity index (χ4n) is 1.79. The van der Waals surface area contributed by atoms with Crippen LogP contribution >= 0.6 is 11.6 Å². The molecule has 0 bridgehead atoms. The van der Waals surface area contributed by atoms with Crippen LogP contribution in [0, 0.1) is 10.1 Å².